The molecular formula is C23H26N4O2S. The first kappa shape index (κ1) is 20.3. The van der Waals surface area contributed by atoms with E-state index in [1.807, 2.05) is 19.1 Å². The molecule has 156 valence electrons. The fraction of sp³-hybridized carbons (Fsp3) is 0.348. The largest absolute Gasteiger partial charge is 0.372 e. The van der Waals surface area contributed by atoms with Gasteiger partial charge in [-0.25, -0.2) is 0 Å². The summed E-state index contributed by atoms with van der Waals surface area (Å²) < 4.78 is 1.86. The fourth-order valence-corrected chi connectivity index (χ4v) is 4.23. The Morgan fingerprint density at radius 1 is 1.17 bits per heavy atom. The molecule has 1 amide bonds. The highest BCUT2D eigenvalue weighted by atomic mass is 32.1. The standard InChI is InChI=1S/C23H26N4O2S/c1-3-27-22(29)19-9-4-16(14-20(19)25-23(27)30)21(28)24-17-5-7-18(8-6-17)26-12-10-15(2)11-13-26/h4-9,14-15H,3,10-13H2,1-2H3,(H,24,28)(H,25,30). The first-order chi connectivity index (χ1) is 14.5. The SMILES string of the molecule is CCn1c(=S)[nH]c2cc(C(=O)Nc3ccc(N4CCC(C)CC4)cc3)ccc2c1=O. The van der Waals surface area contributed by atoms with Crippen molar-refractivity contribution in [1.82, 2.24) is 9.55 Å². The van der Waals surface area contributed by atoms with Crippen molar-refractivity contribution in [3.05, 3.63) is 63.2 Å². The van der Waals surface area contributed by atoms with Crippen molar-refractivity contribution in [1.29, 1.82) is 0 Å². The van der Waals surface area contributed by atoms with Gasteiger partial charge in [-0.15, -0.1) is 0 Å². The Bertz CT molecular complexity index is 1190. The number of hydrogen-bond donors (Lipinski definition) is 2. The van der Waals surface area contributed by atoms with Gasteiger partial charge >= 0.3 is 0 Å². The van der Waals surface area contributed by atoms with Crippen LogP contribution in [-0.4, -0.2) is 28.5 Å². The Morgan fingerprint density at radius 2 is 1.87 bits per heavy atom. The summed E-state index contributed by atoms with van der Waals surface area (Å²) in [5.74, 6) is 0.566. The highest BCUT2D eigenvalue weighted by Gasteiger charge is 2.16. The molecular weight excluding hydrogens is 396 g/mol. The van der Waals surface area contributed by atoms with Crippen molar-refractivity contribution in [2.75, 3.05) is 23.3 Å². The number of piperidine rings is 1. The van der Waals surface area contributed by atoms with Gasteiger partial charge in [-0.1, -0.05) is 6.92 Å². The zero-order valence-electron chi connectivity index (χ0n) is 17.3. The molecule has 0 aliphatic carbocycles. The van der Waals surface area contributed by atoms with E-state index in [2.05, 4.69) is 34.3 Å². The first-order valence-electron chi connectivity index (χ1n) is 10.4. The number of nitrogens with zero attached hydrogens (tertiary/aromatic N) is 2. The first-order valence-corrected chi connectivity index (χ1v) is 10.8. The predicted octanol–water partition coefficient (Wildman–Crippen LogP) is 4.57. The summed E-state index contributed by atoms with van der Waals surface area (Å²) in [6.07, 6.45) is 2.43. The zero-order chi connectivity index (χ0) is 21.3. The number of carbonyl (C=O) groups is 1. The van der Waals surface area contributed by atoms with Crippen LogP contribution in [0, 0.1) is 10.7 Å². The third-order valence-corrected chi connectivity index (χ3v) is 6.16. The topological polar surface area (TPSA) is 70.1 Å². The van der Waals surface area contributed by atoms with E-state index in [1.165, 1.54) is 23.1 Å². The lowest BCUT2D eigenvalue weighted by Crippen LogP contribution is -2.32. The molecule has 0 radical (unpaired) electrons. The maximum atomic E-state index is 12.7. The number of aromatic amines is 1. The van der Waals surface area contributed by atoms with Crippen LogP contribution in [0.1, 0.15) is 37.0 Å². The molecule has 1 aromatic heterocycles. The van der Waals surface area contributed by atoms with Crippen LogP contribution in [0.25, 0.3) is 10.9 Å². The number of carbonyl (C=O) groups excluding carboxylic acids is 1. The quantitative estimate of drug-likeness (QED) is 0.605. The Kier molecular flexibility index (Phi) is 5.72. The van der Waals surface area contributed by atoms with Crippen LogP contribution in [0.15, 0.2) is 47.3 Å². The van der Waals surface area contributed by atoms with Crippen molar-refractivity contribution in [2.24, 2.45) is 5.92 Å². The van der Waals surface area contributed by atoms with Crippen LogP contribution in [0.4, 0.5) is 11.4 Å². The predicted molar refractivity (Wildman–Crippen MR) is 124 cm³/mol. The third kappa shape index (κ3) is 4.03. The van der Waals surface area contributed by atoms with E-state index in [9.17, 15) is 9.59 Å². The van der Waals surface area contributed by atoms with E-state index in [4.69, 9.17) is 12.2 Å². The molecule has 6 nitrogen and oxygen atoms in total. The number of rotatable bonds is 4. The molecule has 7 heteroatoms. The lowest BCUT2D eigenvalue weighted by molar-refractivity contribution is 0.102. The number of anilines is 2. The average Bonchev–Trinajstić information content (AvgIpc) is 2.75. The highest BCUT2D eigenvalue weighted by molar-refractivity contribution is 7.71. The maximum absolute atomic E-state index is 12.7. The van der Waals surface area contributed by atoms with Gasteiger partial charge in [0.2, 0.25) is 0 Å². The molecule has 0 spiro atoms. The third-order valence-electron chi connectivity index (χ3n) is 5.83. The normalized spacial score (nSPS) is 14.8. The van der Waals surface area contributed by atoms with E-state index in [0.717, 1.165) is 24.7 Å². The van der Waals surface area contributed by atoms with Gasteiger partial charge in [-0.05, 0) is 80.4 Å². The molecule has 0 atom stereocenters. The molecule has 4 rings (SSSR count). The van der Waals surface area contributed by atoms with Gasteiger partial charge in [-0.2, -0.15) is 0 Å². The number of fused-ring (bicyclic) bond motifs is 1. The Hall–Kier alpha value is -2.93. The molecule has 1 fully saturated rings. The van der Waals surface area contributed by atoms with Gasteiger partial charge < -0.3 is 15.2 Å². The van der Waals surface area contributed by atoms with Gasteiger partial charge in [0.15, 0.2) is 4.77 Å². The molecule has 1 aliphatic heterocycles. The van der Waals surface area contributed by atoms with Crippen LogP contribution < -0.4 is 15.8 Å². The molecule has 2 heterocycles. The summed E-state index contributed by atoms with van der Waals surface area (Å²) in [5.41, 5.74) is 2.81. The van der Waals surface area contributed by atoms with Gasteiger partial charge in [0.1, 0.15) is 0 Å². The molecule has 3 aromatic rings. The number of nitrogens with one attached hydrogen (secondary N) is 2. The summed E-state index contributed by atoms with van der Waals surface area (Å²) in [6, 6.07) is 13.0. The van der Waals surface area contributed by atoms with Gasteiger partial charge in [0, 0.05) is 36.6 Å². The molecule has 30 heavy (non-hydrogen) atoms. The van der Waals surface area contributed by atoms with Crippen LogP contribution in [0.2, 0.25) is 0 Å². The van der Waals surface area contributed by atoms with Crippen LogP contribution in [0.3, 0.4) is 0 Å². The van der Waals surface area contributed by atoms with E-state index in [0.29, 0.717) is 27.8 Å². The van der Waals surface area contributed by atoms with E-state index >= 15 is 0 Å². The molecule has 1 saturated heterocycles. The number of aromatic nitrogens is 2. The molecule has 2 N–H and O–H groups in total. The summed E-state index contributed by atoms with van der Waals surface area (Å²) >= 11 is 5.26. The van der Waals surface area contributed by atoms with Crippen molar-refractivity contribution >= 4 is 40.4 Å². The van der Waals surface area contributed by atoms with Crippen LogP contribution in [-0.2, 0) is 6.54 Å². The van der Waals surface area contributed by atoms with Crippen molar-refractivity contribution in [2.45, 2.75) is 33.2 Å². The highest BCUT2D eigenvalue weighted by Crippen LogP contribution is 2.24. The molecule has 1 aliphatic rings. The molecule has 0 unspecified atom stereocenters. The summed E-state index contributed by atoms with van der Waals surface area (Å²) in [5, 5.41) is 3.45. The summed E-state index contributed by atoms with van der Waals surface area (Å²) in [7, 11) is 0. The number of benzene rings is 2. The van der Waals surface area contributed by atoms with Gasteiger partial charge in [0.05, 0.1) is 10.9 Å². The second-order valence-electron chi connectivity index (χ2n) is 7.91. The summed E-state index contributed by atoms with van der Waals surface area (Å²) in [4.78, 5) is 30.7. The van der Waals surface area contributed by atoms with E-state index < -0.39 is 0 Å². The fourth-order valence-electron chi connectivity index (χ4n) is 3.91. The number of amides is 1. The smallest absolute Gasteiger partial charge is 0.262 e. The van der Waals surface area contributed by atoms with Crippen molar-refractivity contribution < 1.29 is 4.79 Å². The zero-order valence-corrected chi connectivity index (χ0v) is 18.1. The lowest BCUT2D eigenvalue weighted by Gasteiger charge is -2.32. The Balaban J connectivity index is 1.51. The minimum absolute atomic E-state index is 0.147. The van der Waals surface area contributed by atoms with Gasteiger partial charge in [-0.3, -0.25) is 14.2 Å². The Labute approximate surface area is 180 Å². The number of H-pyrrole nitrogens is 1. The van der Waals surface area contributed by atoms with Crippen LogP contribution >= 0.6 is 12.2 Å². The monoisotopic (exact) mass is 422 g/mol. The minimum atomic E-state index is -0.226. The second-order valence-corrected chi connectivity index (χ2v) is 8.30. The summed E-state index contributed by atoms with van der Waals surface area (Å²) in [6.45, 7) is 6.82. The molecule has 0 saturated carbocycles. The lowest BCUT2D eigenvalue weighted by atomic mass is 9.99. The molecule has 2 aromatic carbocycles. The van der Waals surface area contributed by atoms with Crippen molar-refractivity contribution in [3.63, 3.8) is 0 Å². The van der Waals surface area contributed by atoms with E-state index in [1.54, 1.807) is 18.2 Å². The van der Waals surface area contributed by atoms with Crippen LogP contribution in [0.5, 0.6) is 0 Å². The second kappa shape index (κ2) is 8.44. The maximum Gasteiger partial charge on any atom is 0.262 e. The minimum Gasteiger partial charge on any atom is -0.372 e. The number of hydrogen-bond acceptors (Lipinski definition) is 4. The van der Waals surface area contributed by atoms with Crippen molar-refractivity contribution in [3.8, 4) is 0 Å². The Morgan fingerprint density at radius 3 is 2.53 bits per heavy atom. The van der Waals surface area contributed by atoms with Gasteiger partial charge in [0.25, 0.3) is 11.5 Å². The van der Waals surface area contributed by atoms with E-state index in [-0.39, 0.29) is 11.5 Å². The average molecular weight is 423 g/mol. The molecule has 0 bridgehead atoms.